The van der Waals surface area contributed by atoms with E-state index in [1.165, 1.54) is 6.07 Å². The van der Waals surface area contributed by atoms with Crippen LogP contribution in [0.25, 0.3) is 0 Å². The van der Waals surface area contributed by atoms with Gasteiger partial charge in [0.1, 0.15) is 5.75 Å². The Morgan fingerprint density at radius 3 is 2.62 bits per heavy atom. The van der Waals surface area contributed by atoms with E-state index >= 15 is 0 Å². The number of non-ortho nitro benzene ring substituents is 1. The molecule has 2 aliphatic rings. The summed E-state index contributed by atoms with van der Waals surface area (Å²) >= 11 is 0. The topological polar surface area (TPSA) is 81.9 Å². The maximum Gasteiger partial charge on any atom is 0.270 e. The monoisotopic (exact) mass is 378 g/mol. The van der Waals surface area contributed by atoms with Crippen molar-refractivity contribution in [3.63, 3.8) is 0 Å². The number of benzene rings is 1. The fraction of sp³-hybridized carbons (Fsp3) is 0.611. The van der Waals surface area contributed by atoms with Crippen LogP contribution in [0.5, 0.6) is 5.75 Å². The van der Waals surface area contributed by atoms with E-state index in [9.17, 15) is 14.9 Å². The Kier molecular flexibility index (Phi) is 5.07. The third-order valence-electron chi connectivity index (χ3n) is 4.88. The lowest BCUT2D eigenvalue weighted by Crippen LogP contribution is -2.45. The third kappa shape index (κ3) is 3.76. The van der Waals surface area contributed by atoms with Crippen molar-refractivity contribution in [3.05, 3.63) is 33.9 Å². The molecule has 0 saturated carbocycles. The van der Waals surface area contributed by atoms with Gasteiger partial charge in [-0.3, -0.25) is 14.9 Å². The van der Waals surface area contributed by atoms with E-state index in [4.69, 9.17) is 9.16 Å². The van der Waals surface area contributed by atoms with Crippen molar-refractivity contribution in [2.45, 2.75) is 64.0 Å². The molecule has 1 amide bonds. The number of nitrogens with zero attached hydrogens (tertiary/aromatic N) is 2. The van der Waals surface area contributed by atoms with Crippen LogP contribution in [0.15, 0.2) is 18.2 Å². The Hall–Kier alpha value is -1.93. The number of nitro benzene ring substituents is 1. The molecule has 1 fully saturated rings. The first-order chi connectivity index (χ1) is 12.2. The van der Waals surface area contributed by atoms with Gasteiger partial charge in [-0.05, 0) is 39.1 Å². The highest BCUT2D eigenvalue weighted by molar-refractivity contribution is 6.69. The van der Waals surface area contributed by atoms with Gasteiger partial charge < -0.3 is 14.1 Å². The molecule has 142 valence electrons. The van der Waals surface area contributed by atoms with Gasteiger partial charge in [-0.1, -0.05) is 0 Å². The number of ether oxygens (including phenoxy) is 1. The average Bonchev–Trinajstić information content (AvgIpc) is 2.77. The van der Waals surface area contributed by atoms with Crippen molar-refractivity contribution in [2.75, 3.05) is 6.61 Å². The van der Waals surface area contributed by atoms with Crippen LogP contribution < -0.4 is 4.74 Å². The summed E-state index contributed by atoms with van der Waals surface area (Å²) in [6.45, 7) is 8.82. The van der Waals surface area contributed by atoms with Crippen molar-refractivity contribution in [1.82, 2.24) is 4.90 Å². The Morgan fingerprint density at radius 2 is 2.04 bits per heavy atom. The van der Waals surface area contributed by atoms with Crippen LogP contribution in [-0.4, -0.2) is 42.8 Å². The predicted molar refractivity (Wildman–Crippen MR) is 99.7 cm³/mol. The van der Waals surface area contributed by atoms with Gasteiger partial charge in [0.15, 0.2) is 8.32 Å². The van der Waals surface area contributed by atoms with E-state index in [2.05, 4.69) is 19.6 Å². The zero-order chi connectivity index (χ0) is 19.1. The molecule has 0 bridgehead atoms. The minimum Gasteiger partial charge on any atom is -0.493 e. The fourth-order valence-corrected chi connectivity index (χ4v) is 4.99. The normalized spacial score (nSPS) is 26.2. The largest absolute Gasteiger partial charge is 0.493 e. The van der Waals surface area contributed by atoms with Crippen molar-refractivity contribution < 1.29 is 18.9 Å². The molecule has 1 aromatic carbocycles. The lowest BCUT2D eigenvalue weighted by molar-refractivity contribution is -0.385. The minimum atomic E-state index is -1.89. The Labute approximate surface area is 154 Å². The Morgan fingerprint density at radius 1 is 1.31 bits per heavy atom. The summed E-state index contributed by atoms with van der Waals surface area (Å²) in [4.78, 5) is 25.4. The first-order valence-corrected chi connectivity index (χ1v) is 12.5. The van der Waals surface area contributed by atoms with E-state index in [1.807, 2.05) is 11.8 Å². The molecular weight excluding hydrogens is 352 g/mol. The molecule has 0 N–H and O–H groups in total. The molecule has 26 heavy (non-hydrogen) atoms. The molecule has 0 spiro atoms. The molecule has 2 heterocycles. The number of hydrogen-bond acceptors (Lipinski definition) is 5. The van der Waals surface area contributed by atoms with Crippen LogP contribution in [0.1, 0.15) is 37.8 Å². The smallest absolute Gasteiger partial charge is 0.270 e. The summed E-state index contributed by atoms with van der Waals surface area (Å²) in [5.74, 6) is 0.681. The second-order valence-corrected chi connectivity index (χ2v) is 12.5. The van der Waals surface area contributed by atoms with Crippen LogP contribution in [0.4, 0.5) is 5.69 Å². The van der Waals surface area contributed by atoms with Gasteiger partial charge in [-0.15, -0.1) is 0 Å². The number of carbonyl (C=O) groups excluding carboxylic acids is 1. The summed E-state index contributed by atoms with van der Waals surface area (Å²) in [5, 5.41) is 11.3. The van der Waals surface area contributed by atoms with Gasteiger partial charge in [-0.25, -0.2) is 0 Å². The van der Waals surface area contributed by atoms with Gasteiger partial charge in [0, 0.05) is 36.6 Å². The average molecular weight is 379 g/mol. The number of nitro groups is 1. The van der Waals surface area contributed by atoms with Crippen LogP contribution in [0.2, 0.25) is 19.6 Å². The lowest BCUT2D eigenvalue weighted by atomic mass is 9.96. The molecule has 2 aliphatic heterocycles. The van der Waals surface area contributed by atoms with Gasteiger partial charge in [0.05, 0.1) is 23.7 Å². The zero-order valence-corrected chi connectivity index (χ0v) is 16.7. The number of likely N-dealkylation sites (tertiary alicyclic amines) is 1. The quantitative estimate of drug-likeness (QED) is 0.454. The zero-order valence-electron chi connectivity index (χ0n) is 15.7. The van der Waals surface area contributed by atoms with Crippen molar-refractivity contribution in [1.29, 1.82) is 0 Å². The molecule has 0 aliphatic carbocycles. The minimum absolute atomic E-state index is 0.00491. The summed E-state index contributed by atoms with van der Waals surface area (Å²) in [6.07, 6.45) is 1.71. The second-order valence-electron chi connectivity index (χ2n) is 8.02. The van der Waals surface area contributed by atoms with Crippen molar-refractivity contribution in [2.24, 2.45) is 0 Å². The van der Waals surface area contributed by atoms with Gasteiger partial charge in [0.2, 0.25) is 5.91 Å². The SMILES string of the molecule is CC1CCC(=O)N1[C@H]1c2cc([N+](=O)[O-])ccc2OCC[C@@H]1O[Si](C)(C)C. The highest BCUT2D eigenvalue weighted by Crippen LogP contribution is 2.43. The van der Waals surface area contributed by atoms with Crippen LogP contribution in [0, 0.1) is 10.1 Å². The molecule has 1 saturated heterocycles. The van der Waals surface area contributed by atoms with Crippen LogP contribution in [0.3, 0.4) is 0 Å². The van der Waals surface area contributed by atoms with Crippen molar-refractivity contribution >= 4 is 19.9 Å². The molecule has 0 aromatic heterocycles. The Balaban J connectivity index is 2.11. The highest BCUT2D eigenvalue weighted by Gasteiger charge is 2.43. The first-order valence-electron chi connectivity index (χ1n) is 9.07. The number of hydrogen-bond donors (Lipinski definition) is 0. The lowest BCUT2D eigenvalue weighted by Gasteiger charge is -2.39. The molecule has 8 heteroatoms. The number of rotatable bonds is 4. The maximum absolute atomic E-state index is 12.6. The van der Waals surface area contributed by atoms with E-state index in [1.54, 1.807) is 12.1 Å². The molecule has 3 atom stereocenters. The third-order valence-corrected chi connectivity index (χ3v) is 5.89. The number of carbonyl (C=O) groups is 1. The highest BCUT2D eigenvalue weighted by atomic mass is 28.4. The number of fused-ring (bicyclic) bond motifs is 1. The van der Waals surface area contributed by atoms with Gasteiger partial charge >= 0.3 is 0 Å². The molecule has 7 nitrogen and oxygen atoms in total. The molecule has 3 rings (SSSR count). The molecule has 1 aromatic rings. The van der Waals surface area contributed by atoms with Crippen LogP contribution >= 0.6 is 0 Å². The van der Waals surface area contributed by atoms with E-state index in [-0.39, 0.29) is 29.8 Å². The predicted octanol–water partition coefficient (Wildman–Crippen LogP) is 3.65. The number of amides is 1. The molecule has 0 radical (unpaired) electrons. The summed E-state index contributed by atoms with van der Waals surface area (Å²) in [5.41, 5.74) is 0.687. The summed E-state index contributed by atoms with van der Waals surface area (Å²) in [7, 11) is -1.89. The van der Waals surface area contributed by atoms with Crippen molar-refractivity contribution in [3.8, 4) is 5.75 Å². The Bertz CT molecular complexity index is 718. The second kappa shape index (κ2) is 7.00. The molecular formula is C18H26N2O5Si. The molecule has 1 unspecified atom stereocenters. The van der Waals surface area contributed by atoms with Gasteiger partial charge in [-0.2, -0.15) is 0 Å². The maximum atomic E-state index is 12.6. The standard InChI is InChI=1S/C18H26N2O5Si/c1-12-5-8-17(21)19(12)18-14-11-13(20(22)23)6-7-15(14)24-10-9-16(18)25-26(2,3)4/h6-7,11-12,16,18H,5,8-10H2,1-4H3/t12?,16-,18-/m0/s1. The van der Waals surface area contributed by atoms with Gasteiger partial charge in [0.25, 0.3) is 5.69 Å². The van der Waals surface area contributed by atoms with E-state index < -0.39 is 13.2 Å². The summed E-state index contributed by atoms with van der Waals surface area (Å²) in [6, 6.07) is 4.35. The van der Waals surface area contributed by atoms with E-state index in [0.717, 1.165) is 6.42 Å². The van der Waals surface area contributed by atoms with E-state index in [0.29, 0.717) is 30.8 Å². The summed E-state index contributed by atoms with van der Waals surface area (Å²) < 4.78 is 12.3. The first kappa shape index (κ1) is 18.8. The van der Waals surface area contributed by atoms with Crippen LogP contribution in [-0.2, 0) is 9.22 Å². The fourth-order valence-electron chi connectivity index (χ4n) is 3.84.